The fourth-order valence-corrected chi connectivity index (χ4v) is 4.02. The quantitative estimate of drug-likeness (QED) is 0.811. The molecule has 0 amide bonds. The van der Waals surface area contributed by atoms with Crippen molar-refractivity contribution in [3.63, 3.8) is 0 Å². The predicted octanol–water partition coefficient (Wildman–Crippen LogP) is 2.52. The Kier molecular flexibility index (Phi) is 3.32. The maximum Gasteiger partial charge on any atom is 0.313 e. The molecule has 6 heteroatoms. The number of aromatic nitrogens is 2. The minimum Gasteiger partial charge on any atom is -0.469 e. The number of hydrogen-bond acceptors (Lipinski definition) is 6. The van der Waals surface area contributed by atoms with E-state index in [1.165, 1.54) is 7.11 Å². The van der Waals surface area contributed by atoms with E-state index in [9.17, 15) is 4.79 Å². The minimum absolute atomic E-state index is 0.103. The van der Waals surface area contributed by atoms with E-state index in [0.717, 1.165) is 31.4 Å². The van der Waals surface area contributed by atoms with Crippen LogP contribution in [0.2, 0.25) is 0 Å². The molecule has 2 aromatic rings. The number of esters is 1. The summed E-state index contributed by atoms with van der Waals surface area (Å²) in [7, 11) is 1.47. The van der Waals surface area contributed by atoms with Crippen LogP contribution in [0.3, 0.4) is 0 Å². The number of nitrogens with zero attached hydrogens (tertiary/aromatic N) is 3. The molecule has 1 saturated heterocycles. The second-order valence-electron chi connectivity index (χ2n) is 6.38. The highest BCUT2D eigenvalue weighted by molar-refractivity contribution is 5.79. The number of hydrogen-bond donors (Lipinski definition) is 0. The molecule has 4 rings (SSSR count). The van der Waals surface area contributed by atoms with Gasteiger partial charge in [0.2, 0.25) is 0 Å². The summed E-state index contributed by atoms with van der Waals surface area (Å²) < 4.78 is 10.5. The summed E-state index contributed by atoms with van der Waals surface area (Å²) in [6, 6.07) is 9.69. The van der Waals surface area contributed by atoms with Gasteiger partial charge >= 0.3 is 5.97 Å². The van der Waals surface area contributed by atoms with Crippen molar-refractivity contribution in [1.82, 2.24) is 10.1 Å². The number of carbonyl (C=O) groups is 1. The van der Waals surface area contributed by atoms with Gasteiger partial charge in [0.25, 0.3) is 11.8 Å². The first-order valence-corrected chi connectivity index (χ1v) is 7.95. The molecule has 120 valence electrons. The number of rotatable bonds is 3. The van der Waals surface area contributed by atoms with Crippen LogP contribution in [0.4, 0.5) is 5.95 Å². The first-order valence-electron chi connectivity index (χ1n) is 7.95. The third-order valence-electron chi connectivity index (χ3n) is 5.18. The Morgan fingerprint density at radius 2 is 2.22 bits per heavy atom. The Bertz CT molecular complexity index is 715. The molecule has 0 radical (unpaired) electrons. The van der Waals surface area contributed by atoms with Gasteiger partial charge in [0.05, 0.1) is 12.5 Å². The molecule has 1 aliphatic heterocycles. The number of methoxy groups -OCH3 is 1. The van der Waals surface area contributed by atoms with Crippen molar-refractivity contribution in [2.24, 2.45) is 11.3 Å². The van der Waals surface area contributed by atoms with Gasteiger partial charge in [-0.25, -0.2) is 0 Å². The van der Waals surface area contributed by atoms with E-state index < -0.39 is 5.41 Å². The summed E-state index contributed by atoms with van der Waals surface area (Å²) in [5.41, 5.74) is 0.496. The summed E-state index contributed by atoms with van der Waals surface area (Å²) in [6.45, 7) is 1.39. The highest BCUT2D eigenvalue weighted by atomic mass is 16.5. The fraction of sp³-hybridized carbons (Fsp3) is 0.471. The van der Waals surface area contributed by atoms with Crippen LogP contribution in [-0.4, -0.2) is 36.3 Å². The van der Waals surface area contributed by atoms with Gasteiger partial charge in [-0.15, -0.1) is 0 Å². The van der Waals surface area contributed by atoms with Crippen molar-refractivity contribution in [1.29, 1.82) is 0 Å². The molecule has 2 heterocycles. The number of anilines is 1. The van der Waals surface area contributed by atoms with Gasteiger partial charge < -0.3 is 14.2 Å². The molecular formula is C17H19N3O3. The van der Waals surface area contributed by atoms with Crippen LogP contribution in [0, 0.1) is 11.3 Å². The van der Waals surface area contributed by atoms with Gasteiger partial charge in [0.1, 0.15) is 0 Å². The second kappa shape index (κ2) is 5.37. The van der Waals surface area contributed by atoms with Gasteiger partial charge in [-0.1, -0.05) is 24.6 Å². The normalized spacial score (nSPS) is 26.3. The summed E-state index contributed by atoms with van der Waals surface area (Å²) in [4.78, 5) is 18.9. The van der Waals surface area contributed by atoms with Gasteiger partial charge in [-0.05, 0) is 36.0 Å². The van der Waals surface area contributed by atoms with Crippen LogP contribution in [-0.2, 0) is 9.53 Å². The van der Waals surface area contributed by atoms with Crippen LogP contribution in [0.5, 0.6) is 0 Å². The fourth-order valence-electron chi connectivity index (χ4n) is 4.02. The lowest BCUT2D eigenvalue weighted by Gasteiger charge is -2.24. The van der Waals surface area contributed by atoms with Crippen molar-refractivity contribution in [3.8, 4) is 11.5 Å². The van der Waals surface area contributed by atoms with E-state index in [0.29, 0.717) is 24.3 Å². The van der Waals surface area contributed by atoms with Crippen molar-refractivity contribution in [2.45, 2.75) is 19.3 Å². The molecule has 2 aliphatic rings. The van der Waals surface area contributed by atoms with Gasteiger partial charge in [-0.3, -0.25) is 4.79 Å². The molecular weight excluding hydrogens is 294 g/mol. The zero-order valence-electron chi connectivity index (χ0n) is 13.1. The standard InChI is InChI=1S/C17H19N3O3/c1-22-15(21)17-9-5-8-13(17)10-20(11-17)16-18-14(23-19-16)12-6-3-2-4-7-12/h2-4,6-7,13H,5,8-11H2,1H3/t13-,17-/m0/s1. The third kappa shape index (κ3) is 2.20. The average molecular weight is 313 g/mol. The topological polar surface area (TPSA) is 68.5 Å². The van der Waals surface area contributed by atoms with Crippen molar-refractivity contribution in [2.75, 3.05) is 25.1 Å². The van der Waals surface area contributed by atoms with Crippen LogP contribution in [0.25, 0.3) is 11.5 Å². The first kappa shape index (κ1) is 14.2. The molecule has 23 heavy (non-hydrogen) atoms. The molecule has 6 nitrogen and oxygen atoms in total. The first-order chi connectivity index (χ1) is 11.2. The van der Waals surface area contributed by atoms with Gasteiger partial charge in [-0.2, -0.15) is 4.98 Å². The maximum absolute atomic E-state index is 12.3. The van der Waals surface area contributed by atoms with E-state index >= 15 is 0 Å². The molecule has 1 aromatic heterocycles. The predicted molar refractivity (Wildman–Crippen MR) is 83.7 cm³/mol. The monoisotopic (exact) mass is 313 g/mol. The van der Waals surface area contributed by atoms with Crippen molar-refractivity contribution in [3.05, 3.63) is 30.3 Å². The van der Waals surface area contributed by atoms with Crippen molar-refractivity contribution >= 4 is 11.9 Å². The SMILES string of the molecule is COC(=O)[C@]12CCC[C@H]1CN(c1noc(-c3ccccc3)n1)C2. The lowest BCUT2D eigenvalue weighted by Crippen LogP contribution is -2.37. The van der Waals surface area contributed by atoms with Gasteiger partial charge in [0.15, 0.2) is 0 Å². The van der Waals surface area contributed by atoms with E-state index in [2.05, 4.69) is 15.0 Å². The average Bonchev–Trinajstić information content (AvgIpc) is 3.28. The highest BCUT2D eigenvalue weighted by Gasteiger charge is 2.56. The number of fused-ring (bicyclic) bond motifs is 1. The van der Waals surface area contributed by atoms with Crippen LogP contribution in [0.1, 0.15) is 19.3 Å². The lowest BCUT2D eigenvalue weighted by molar-refractivity contribution is -0.152. The maximum atomic E-state index is 12.3. The number of carbonyl (C=O) groups excluding carboxylic acids is 1. The minimum atomic E-state index is -0.401. The van der Waals surface area contributed by atoms with E-state index in [-0.39, 0.29) is 5.97 Å². The van der Waals surface area contributed by atoms with E-state index in [1.54, 1.807) is 0 Å². The van der Waals surface area contributed by atoms with E-state index in [1.807, 2.05) is 30.3 Å². The molecule has 1 aliphatic carbocycles. The lowest BCUT2D eigenvalue weighted by atomic mass is 9.81. The summed E-state index contributed by atoms with van der Waals surface area (Å²) in [5.74, 6) is 1.27. The van der Waals surface area contributed by atoms with Gasteiger partial charge in [0, 0.05) is 18.7 Å². The second-order valence-corrected chi connectivity index (χ2v) is 6.38. The summed E-state index contributed by atoms with van der Waals surface area (Å²) >= 11 is 0. The Hall–Kier alpha value is -2.37. The van der Waals surface area contributed by atoms with Crippen LogP contribution < -0.4 is 4.90 Å². The number of ether oxygens (including phenoxy) is 1. The summed E-state index contributed by atoms with van der Waals surface area (Å²) in [6.07, 6.45) is 3.01. The Balaban J connectivity index is 1.59. The zero-order valence-corrected chi connectivity index (χ0v) is 13.1. The molecule has 2 fully saturated rings. The molecule has 0 N–H and O–H groups in total. The molecule has 0 bridgehead atoms. The molecule has 1 saturated carbocycles. The molecule has 0 unspecified atom stereocenters. The molecule has 0 spiro atoms. The molecule has 2 atom stereocenters. The van der Waals surface area contributed by atoms with Crippen molar-refractivity contribution < 1.29 is 14.1 Å². The smallest absolute Gasteiger partial charge is 0.313 e. The van der Waals surface area contributed by atoms with Crippen LogP contribution >= 0.6 is 0 Å². The number of benzene rings is 1. The third-order valence-corrected chi connectivity index (χ3v) is 5.18. The largest absolute Gasteiger partial charge is 0.469 e. The Morgan fingerprint density at radius 1 is 1.39 bits per heavy atom. The van der Waals surface area contributed by atoms with Crippen LogP contribution in [0.15, 0.2) is 34.9 Å². The Labute approximate surface area is 134 Å². The highest BCUT2D eigenvalue weighted by Crippen LogP contribution is 2.50. The molecule has 1 aromatic carbocycles. The Morgan fingerprint density at radius 3 is 3.00 bits per heavy atom. The zero-order chi connectivity index (χ0) is 15.9. The summed E-state index contributed by atoms with van der Waals surface area (Å²) in [5, 5.41) is 4.11. The van der Waals surface area contributed by atoms with E-state index in [4.69, 9.17) is 9.26 Å².